The van der Waals surface area contributed by atoms with Gasteiger partial charge in [0.1, 0.15) is 6.54 Å². The monoisotopic (exact) mass is 244 g/mol. The number of esters is 1. The van der Waals surface area contributed by atoms with E-state index < -0.39 is 0 Å². The molecular weight excluding hydrogens is 232 g/mol. The molecule has 0 saturated heterocycles. The summed E-state index contributed by atoms with van der Waals surface area (Å²) in [5.41, 5.74) is 2.03. The van der Waals surface area contributed by atoms with Gasteiger partial charge in [-0.15, -0.1) is 0 Å². The molecule has 0 N–H and O–H groups in total. The molecule has 0 radical (unpaired) electrons. The van der Waals surface area contributed by atoms with Crippen LogP contribution >= 0.6 is 0 Å². The fourth-order valence-electron chi connectivity index (χ4n) is 1.76. The van der Waals surface area contributed by atoms with Gasteiger partial charge in [-0.05, 0) is 30.3 Å². The number of methoxy groups -OCH3 is 1. The molecule has 2 rings (SSSR count). The van der Waals surface area contributed by atoms with E-state index in [4.69, 9.17) is 0 Å². The van der Waals surface area contributed by atoms with Crippen LogP contribution in [-0.2, 0) is 11.3 Å². The summed E-state index contributed by atoms with van der Waals surface area (Å²) in [5.74, 6) is -0.390. The minimum absolute atomic E-state index is 0.0927. The summed E-state index contributed by atoms with van der Waals surface area (Å²) in [6, 6.07) is 10.6. The lowest BCUT2D eigenvalue weighted by molar-refractivity contribution is 0.0600. The van der Waals surface area contributed by atoms with Crippen molar-refractivity contribution in [2.24, 2.45) is 5.18 Å². The highest BCUT2D eigenvalue weighted by Crippen LogP contribution is 2.15. The predicted octanol–water partition coefficient (Wildman–Crippen LogP) is 2.53. The zero-order chi connectivity index (χ0) is 13.0. The molecule has 0 amide bonds. The molecule has 0 bridgehead atoms. The SMILES string of the molecule is COC(=O)c1cccc(-n2cccc2CN=O)c1. The summed E-state index contributed by atoms with van der Waals surface area (Å²) < 4.78 is 6.48. The second-order valence-electron chi connectivity index (χ2n) is 3.70. The van der Waals surface area contributed by atoms with E-state index in [0.29, 0.717) is 5.56 Å². The minimum Gasteiger partial charge on any atom is -0.465 e. The van der Waals surface area contributed by atoms with Crippen LogP contribution < -0.4 is 0 Å². The highest BCUT2D eigenvalue weighted by molar-refractivity contribution is 5.89. The Hall–Kier alpha value is -2.43. The van der Waals surface area contributed by atoms with Gasteiger partial charge in [0.2, 0.25) is 0 Å². The van der Waals surface area contributed by atoms with Gasteiger partial charge in [-0.25, -0.2) is 4.79 Å². The summed E-state index contributed by atoms with van der Waals surface area (Å²) in [6.07, 6.45) is 1.82. The number of carbonyl (C=O) groups is 1. The maximum absolute atomic E-state index is 11.4. The van der Waals surface area contributed by atoms with Crippen LogP contribution in [0.2, 0.25) is 0 Å². The molecule has 18 heavy (non-hydrogen) atoms. The lowest BCUT2D eigenvalue weighted by Gasteiger charge is -2.08. The number of nitrogens with zero attached hydrogens (tertiary/aromatic N) is 2. The Kier molecular flexibility index (Phi) is 3.52. The van der Waals surface area contributed by atoms with E-state index in [1.54, 1.807) is 18.2 Å². The largest absolute Gasteiger partial charge is 0.465 e. The number of nitroso groups, excluding NO2 is 1. The van der Waals surface area contributed by atoms with Gasteiger partial charge in [0.05, 0.1) is 12.7 Å². The van der Waals surface area contributed by atoms with Crippen LogP contribution in [0.1, 0.15) is 16.1 Å². The van der Waals surface area contributed by atoms with Crippen molar-refractivity contribution >= 4 is 5.97 Å². The molecule has 0 saturated carbocycles. The normalized spacial score (nSPS) is 10.1. The molecule has 1 heterocycles. The molecule has 0 unspecified atom stereocenters. The Balaban J connectivity index is 2.41. The average molecular weight is 244 g/mol. The van der Waals surface area contributed by atoms with Crippen LogP contribution in [0.5, 0.6) is 0 Å². The van der Waals surface area contributed by atoms with Crippen molar-refractivity contribution < 1.29 is 9.53 Å². The van der Waals surface area contributed by atoms with Crippen LogP contribution in [0.25, 0.3) is 5.69 Å². The Morgan fingerprint density at radius 1 is 1.33 bits per heavy atom. The van der Waals surface area contributed by atoms with Crippen LogP contribution in [0.4, 0.5) is 0 Å². The summed E-state index contributed by atoms with van der Waals surface area (Å²) in [4.78, 5) is 21.8. The molecule has 0 aliphatic rings. The van der Waals surface area contributed by atoms with Crippen molar-refractivity contribution in [1.29, 1.82) is 0 Å². The van der Waals surface area contributed by atoms with Crippen LogP contribution in [-0.4, -0.2) is 17.6 Å². The lowest BCUT2D eigenvalue weighted by atomic mass is 10.2. The van der Waals surface area contributed by atoms with E-state index in [1.165, 1.54) is 7.11 Å². The summed E-state index contributed by atoms with van der Waals surface area (Å²) in [7, 11) is 1.34. The maximum Gasteiger partial charge on any atom is 0.337 e. The third-order valence-corrected chi connectivity index (χ3v) is 2.61. The van der Waals surface area contributed by atoms with E-state index in [9.17, 15) is 9.70 Å². The highest BCUT2D eigenvalue weighted by atomic mass is 16.5. The van der Waals surface area contributed by atoms with Crippen molar-refractivity contribution in [3.05, 3.63) is 58.8 Å². The second-order valence-corrected chi connectivity index (χ2v) is 3.70. The van der Waals surface area contributed by atoms with Gasteiger partial charge in [0.25, 0.3) is 0 Å². The molecule has 2 aromatic rings. The van der Waals surface area contributed by atoms with Gasteiger partial charge in [-0.3, -0.25) is 0 Å². The van der Waals surface area contributed by atoms with Crippen molar-refractivity contribution in [3.8, 4) is 5.69 Å². The lowest BCUT2D eigenvalue weighted by Crippen LogP contribution is -2.03. The van der Waals surface area contributed by atoms with E-state index in [1.807, 2.05) is 29.0 Å². The second kappa shape index (κ2) is 5.27. The molecule has 0 aliphatic heterocycles. The molecule has 92 valence electrons. The molecule has 0 fully saturated rings. The van der Waals surface area contributed by atoms with Gasteiger partial charge < -0.3 is 9.30 Å². The van der Waals surface area contributed by atoms with Gasteiger partial charge in [0, 0.05) is 17.6 Å². The number of aromatic nitrogens is 1. The third-order valence-electron chi connectivity index (χ3n) is 2.61. The average Bonchev–Trinajstić information content (AvgIpc) is 2.87. The van der Waals surface area contributed by atoms with Gasteiger partial charge >= 0.3 is 5.97 Å². The van der Waals surface area contributed by atoms with E-state index >= 15 is 0 Å². The zero-order valence-corrected chi connectivity index (χ0v) is 9.87. The van der Waals surface area contributed by atoms with E-state index in [-0.39, 0.29) is 12.5 Å². The standard InChI is InChI=1S/C13H12N2O3/c1-18-13(16)10-4-2-5-11(8-10)15-7-3-6-12(15)9-14-17/h2-8H,9H2,1H3. The molecular formula is C13H12N2O3. The Bertz CT molecular complexity index is 575. The first kappa shape index (κ1) is 12.0. The van der Waals surface area contributed by atoms with E-state index in [0.717, 1.165) is 11.4 Å². The van der Waals surface area contributed by atoms with Crippen LogP contribution in [0, 0.1) is 4.91 Å². The number of hydrogen-bond acceptors (Lipinski definition) is 4. The molecule has 5 heteroatoms. The summed E-state index contributed by atoms with van der Waals surface area (Å²) in [5, 5.41) is 2.88. The van der Waals surface area contributed by atoms with Crippen molar-refractivity contribution in [2.75, 3.05) is 7.11 Å². The Morgan fingerprint density at radius 3 is 2.89 bits per heavy atom. The molecule has 1 aromatic heterocycles. The van der Waals surface area contributed by atoms with Gasteiger partial charge in [-0.1, -0.05) is 11.2 Å². The molecule has 0 aliphatic carbocycles. The molecule has 5 nitrogen and oxygen atoms in total. The smallest absolute Gasteiger partial charge is 0.337 e. The summed E-state index contributed by atoms with van der Waals surface area (Å²) in [6.45, 7) is 0.0927. The molecule has 0 spiro atoms. The van der Waals surface area contributed by atoms with Crippen LogP contribution in [0.15, 0.2) is 47.8 Å². The first-order valence-corrected chi connectivity index (χ1v) is 5.40. The Labute approximate surface area is 104 Å². The number of benzene rings is 1. The van der Waals surface area contributed by atoms with Crippen LogP contribution in [0.3, 0.4) is 0 Å². The fourth-order valence-corrected chi connectivity index (χ4v) is 1.76. The number of carbonyl (C=O) groups excluding carboxylic acids is 1. The van der Waals surface area contributed by atoms with Crippen molar-refractivity contribution in [1.82, 2.24) is 4.57 Å². The molecule has 0 atom stereocenters. The van der Waals surface area contributed by atoms with Gasteiger partial charge in [-0.2, -0.15) is 4.91 Å². The fraction of sp³-hybridized carbons (Fsp3) is 0.154. The zero-order valence-electron chi connectivity index (χ0n) is 9.87. The van der Waals surface area contributed by atoms with Crippen molar-refractivity contribution in [2.45, 2.75) is 6.54 Å². The summed E-state index contributed by atoms with van der Waals surface area (Å²) >= 11 is 0. The number of rotatable bonds is 4. The number of hydrogen-bond donors (Lipinski definition) is 0. The first-order valence-electron chi connectivity index (χ1n) is 5.40. The third kappa shape index (κ3) is 2.29. The van der Waals surface area contributed by atoms with Crippen molar-refractivity contribution in [3.63, 3.8) is 0 Å². The van der Waals surface area contributed by atoms with Gasteiger partial charge in [0.15, 0.2) is 0 Å². The topological polar surface area (TPSA) is 60.7 Å². The maximum atomic E-state index is 11.4. The molecule has 1 aromatic carbocycles. The first-order chi connectivity index (χ1) is 8.76. The quantitative estimate of drug-likeness (QED) is 0.613. The predicted molar refractivity (Wildman–Crippen MR) is 66.6 cm³/mol. The minimum atomic E-state index is -0.390. The number of ether oxygens (including phenoxy) is 1. The van der Waals surface area contributed by atoms with E-state index in [2.05, 4.69) is 9.91 Å². The Morgan fingerprint density at radius 2 is 2.17 bits per heavy atom. The highest BCUT2D eigenvalue weighted by Gasteiger charge is 2.08.